The molecule has 0 saturated heterocycles. The van der Waals surface area contributed by atoms with Crippen LogP contribution >= 0.6 is 0 Å². The quantitative estimate of drug-likeness (QED) is 0.608. The topological polar surface area (TPSA) is 17.1 Å². The molecule has 1 nitrogen and oxygen atoms in total. The molecular formula is C11H12O. The van der Waals surface area contributed by atoms with Gasteiger partial charge in [-0.3, -0.25) is 0 Å². The highest BCUT2D eigenvalue weighted by Crippen LogP contribution is 2.10. The van der Waals surface area contributed by atoms with E-state index in [2.05, 4.69) is 13.2 Å². The Morgan fingerprint density at radius 1 is 1.17 bits per heavy atom. The molecule has 0 atom stereocenters. The molecule has 1 heteroatoms. The Hall–Kier alpha value is -1.63. The van der Waals surface area contributed by atoms with E-state index >= 15 is 0 Å². The molecule has 0 radical (unpaired) electrons. The molecule has 0 aromatic heterocycles. The molecule has 0 spiro atoms. The molecule has 0 bridgehead atoms. The Bertz CT molecular complexity index is 249. The Kier molecular flexibility index (Phi) is 5.28. The van der Waals surface area contributed by atoms with Crippen molar-refractivity contribution >= 4 is 12.4 Å². The second kappa shape index (κ2) is 6.10. The van der Waals surface area contributed by atoms with Gasteiger partial charge in [0.05, 0.1) is 0 Å². The third kappa shape index (κ3) is 2.97. The van der Waals surface area contributed by atoms with Crippen molar-refractivity contribution in [3.8, 4) is 0 Å². The van der Waals surface area contributed by atoms with Crippen LogP contribution in [-0.4, -0.2) is 6.79 Å². The average Bonchev–Trinajstić information content (AvgIpc) is 2.21. The van der Waals surface area contributed by atoms with Crippen molar-refractivity contribution in [2.45, 2.75) is 0 Å². The van der Waals surface area contributed by atoms with Gasteiger partial charge in [-0.15, -0.1) is 0 Å². The largest absolute Gasteiger partial charge is 0.307 e. The highest BCUT2D eigenvalue weighted by molar-refractivity contribution is 5.71. The van der Waals surface area contributed by atoms with Gasteiger partial charge in [0.2, 0.25) is 0 Å². The molecule has 1 aromatic carbocycles. The van der Waals surface area contributed by atoms with E-state index in [0.717, 1.165) is 11.1 Å². The van der Waals surface area contributed by atoms with Gasteiger partial charge in [-0.2, -0.15) is 0 Å². The van der Waals surface area contributed by atoms with Crippen LogP contribution in [0.2, 0.25) is 0 Å². The number of benzene rings is 1. The summed E-state index contributed by atoms with van der Waals surface area (Å²) in [5.41, 5.74) is 2.11. The molecule has 0 unspecified atom stereocenters. The first-order valence-electron chi connectivity index (χ1n) is 3.50. The summed E-state index contributed by atoms with van der Waals surface area (Å²) in [6.45, 7) is 9.46. The van der Waals surface area contributed by atoms with Crippen LogP contribution in [0.5, 0.6) is 0 Å². The Morgan fingerprint density at radius 2 is 1.67 bits per heavy atom. The number of hydrogen-bond donors (Lipinski definition) is 0. The zero-order valence-electron chi connectivity index (χ0n) is 6.99. The van der Waals surface area contributed by atoms with E-state index in [1.54, 1.807) is 6.08 Å². The van der Waals surface area contributed by atoms with Crippen LogP contribution in [-0.2, 0) is 4.79 Å². The number of rotatable bonds is 2. The minimum atomic E-state index is 0.973. The summed E-state index contributed by atoms with van der Waals surface area (Å²) in [6.07, 6.45) is 1.76. The molecule has 0 aliphatic heterocycles. The molecule has 1 rings (SSSR count). The van der Waals surface area contributed by atoms with Crippen molar-refractivity contribution in [3.05, 3.63) is 55.1 Å². The van der Waals surface area contributed by atoms with E-state index in [1.807, 2.05) is 37.1 Å². The molecule has 0 fully saturated rings. The van der Waals surface area contributed by atoms with Gasteiger partial charge in [0, 0.05) is 0 Å². The normalized spacial score (nSPS) is 7.67. The first-order valence-corrected chi connectivity index (χ1v) is 3.50. The molecule has 0 heterocycles. The van der Waals surface area contributed by atoms with Crippen molar-refractivity contribution in [1.82, 2.24) is 0 Å². The van der Waals surface area contributed by atoms with Crippen molar-refractivity contribution in [2.75, 3.05) is 0 Å². The van der Waals surface area contributed by atoms with Gasteiger partial charge in [-0.05, 0) is 11.1 Å². The van der Waals surface area contributed by atoms with Gasteiger partial charge in [-0.25, -0.2) is 0 Å². The molecule has 1 aromatic rings. The molecule has 12 heavy (non-hydrogen) atoms. The van der Waals surface area contributed by atoms with Gasteiger partial charge < -0.3 is 4.79 Å². The van der Waals surface area contributed by atoms with Gasteiger partial charge in [0.1, 0.15) is 6.79 Å². The summed E-state index contributed by atoms with van der Waals surface area (Å²) >= 11 is 0. The van der Waals surface area contributed by atoms with E-state index in [1.165, 1.54) is 0 Å². The van der Waals surface area contributed by atoms with Crippen molar-refractivity contribution in [1.29, 1.82) is 0 Å². The minimum absolute atomic E-state index is 0.973. The lowest BCUT2D eigenvalue weighted by molar-refractivity contribution is -0.0979. The smallest absolute Gasteiger partial charge is 0.106 e. The molecule has 0 aliphatic rings. The SMILES string of the molecule is C=CC(=C)c1ccccc1.C=O. The van der Waals surface area contributed by atoms with Crippen LogP contribution in [0.25, 0.3) is 5.57 Å². The number of carbonyl (C=O) groups is 1. The van der Waals surface area contributed by atoms with E-state index in [4.69, 9.17) is 4.79 Å². The van der Waals surface area contributed by atoms with Crippen LogP contribution in [0.15, 0.2) is 49.6 Å². The monoisotopic (exact) mass is 160 g/mol. The van der Waals surface area contributed by atoms with Gasteiger partial charge in [-0.1, -0.05) is 49.6 Å². The summed E-state index contributed by atoms with van der Waals surface area (Å²) in [7, 11) is 0. The lowest BCUT2D eigenvalue weighted by Crippen LogP contribution is -1.74. The van der Waals surface area contributed by atoms with Crippen LogP contribution in [0, 0.1) is 0 Å². The van der Waals surface area contributed by atoms with Crippen molar-refractivity contribution in [2.24, 2.45) is 0 Å². The minimum Gasteiger partial charge on any atom is -0.307 e. The van der Waals surface area contributed by atoms with Gasteiger partial charge in [0.15, 0.2) is 0 Å². The molecule has 62 valence electrons. The number of allylic oxidation sites excluding steroid dienone is 2. The Morgan fingerprint density at radius 3 is 2.08 bits per heavy atom. The highest BCUT2D eigenvalue weighted by Gasteiger charge is 1.88. The molecule has 0 saturated carbocycles. The zero-order valence-corrected chi connectivity index (χ0v) is 6.99. The summed E-state index contributed by atoms with van der Waals surface area (Å²) < 4.78 is 0. The first kappa shape index (κ1) is 10.4. The third-order valence-corrected chi connectivity index (χ3v) is 1.39. The fraction of sp³-hybridized carbons (Fsp3) is 0. The van der Waals surface area contributed by atoms with E-state index < -0.39 is 0 Å². The lowest BCUT2D eigenvalue weighted by atomic mass is 10.1. The fourth-order valence-corrected chi connectivity index (χ4v) is 0.770. The van der Waals surface area contributed by atoms with E-state index in [9.17, 15) is 0 Å². The van der Waals surface area contributed by atoms with Crippen LogP contribution in [0.3, 0.4) is 0 Å². The molecule has 0 N–H and O–H groups in total. The maximum atomic E-state index is 8.00. The fourth-order valence-electron chi connectivity index (χ4n) is 0.770. The third-order valence-electron chi connectivity index (χ3n) is 1.39. The predicted octanol–water partition coefficient (Wildman–Crippen LogP) is 2.70. The summed E-state index contributed by atoms with van der Waals surface area (Å²) in [5.74, 6) is 0. The summed E-state index contributed by atoms with van der Waals surface area (Å²) in [5, 5.41) is 0. The maximum Gasteiger partial charge on any atom is 0.106 e. The predicted molar refractivity (Wildman–Crippen MR) is 52.8 cm³/mol. The first-order chi connectivity index (χ1) is 5.84. The zero-order chi connectivity index (χ0) is 9.40. The van der Waals surface area contributed by atoms with Crippen molar-refractivity contribution < 1.29 is 4.79 Å². The molecular weight excluding hydrogens is 148 g/mol. The molecule has 0 amide bonds. The number of hydrogen-bond acceptors (Lipinski definition) is 1. The number of carbonyl (C=O) groups excluding carboxylic acids is 1. The highest BCUT2D eigenvalue weighted by atomic mass is 16.1. The van der Waals surface area contributed by atoms with Gasteiger partial charge >= 0.3 is 0 Å². The molecule has 0 aliphatic carbocycles. The lowest BCUT2D eigenvalue weighted by Gasteiger charge is -1.96. The van der Waals surface area contributed by atoms with E-state index in [-0.39, 0.29) is 0 Å². The summed E-state index contributed by atoms with van der Waals surface area (Å²) in [6, 6.07) is 10.0. The Labute approximate surface area is 73.0 Å². The van der Waals surface area contributed by atoms with Crippen LogP contribution < -0.4 is 0 Å². The van der Waals surface area contributed by atoms with E-state index in [0.29, 0.717) is 0 Å². The Balaban J connectivity index is 0.000000561. The van der Waals surface area contributed by atoms with Crippen LogP contribution in [0.4, 0.5) is 0 Å². The van der Waals surface area contributed by atoms with Crippen LogP contribution in [0.1, 0.15) is 5.56 Å². The summed E-state index contributed by atoms with van der Waals surface area (Å²) in [4.78, 5) is 8.00. The van der Waals surface area contributed by atoms with Gasteiger partial charge in [0.25, 0.3) is 0 Å². The average molecular weight is 160 g/mol. The maximum absolute atomic E-state index is 8.00. The second-order valence-corrected chi connectivity index (χ2v) is 2.10. The standard InChI is InChI=1S/C10H10.CH2O/c1-3-9(2)10-7-5-4-6-8-10;1-2/h3-8H,1-2H2;1H2. The second-order valence-electron chi connectivity index (χ2n) is 2.10. The van der Waals surface area contributed by atoms with Crippen molar-refractivity contribution in [3.63, 3.8) is 0 Å².